The lowest BCUT2D eigenvalue weighted by Gasteiger charge is -2.40. The quantitative estimate of drug-likeness (QED) is 0.360. The molecule has 0 fully saturated rings. The Bertz CT molecular complexity index is 1500. The molecule has 4 aromatic rings. The summed E-state index contributed by atoms with van der Waals surface area (Å²) in [7, 11) is 8.24. The number of carbonyl (C=O) groups excluding carboxylic acids is 3. The van der Waals surface area contributed by atoms with Gasteiger partial charge in [0.2, 0.25) is 12.3 Å². The number of hydrogen-bond acceptors (Lipinski definition) is 5. The van der Waals surface area contributed by atoms with E-state index in [0.29, 0.717) is 28.3 Å². The van der Waals surface area contributed by atoms with Crippen molar-refractivity contribution in [1.29, 1.82) is 0 Å². The number of benzene rings is 3. The van der Waals surface area contributed by atoms with E-state index in [9.17, 15) is 14.4 Å². The van der Waals surface area contributed by atoms with Gasteiger partial charge in [0.05, 0.1) is 26.2 Å². The number of rotatable bonds is 6. The predicted molar refractivity (Wildman–Crippen MR) is 150 cm³/mol. The molecule has 1 aliphatic heterocycles. The maximum atomic E-state index is 13.8. The van der Waals surface area contributed by atoms with Crippen molar-refractivity contribution in [2.75, 3.05) is 40.7 Å². The van der Waals surface area contributed by atoms with E-state index >= 15 is 0 Å². The zero-order chi connectivity index (χ0) is 28.1. The van der Waals surface area contributed by atoms with Gasteiger partial charge >= 0.3 is 0 Å². The molecule has 0 saturated carbocycles. The topological polar surface area (TPSA) is 104 Å². The Balaban J connectivity index is 0.000000648. The standard InChI is InChI=1S/C27H25N3O4.C3H7NO/c1-30-25(17-8-11-22(33-2)23(15-17)34-3)24(19-6-4-5-7-20(19)27(30)32)26(31)29-18-9-10-21-16(14-18)12-13-28-21;1-4(2)3-5/h4-15,24-25,28H,1-3H3,(H,29,31);3H,1-2H3. The number of carbonyl (C=O) groups is 3. The third-order valence-corrected chi connectivity index (χ3v) is 6.64. The van der Waals surface area contributed by atoms with Gasteiger partial charge in [-0.25, -0.2) is 0 Å². The summed E-state index contributed by atoms with van der Waals surface area (Å²) >= 11 is 0. The van der Waals surface area contributed by atoms with Gasteiger partial charge in [0.1, 0.15) is 0 Å². The Hall–Kier alpha value is -4.79. The summed E-state index contributed by atoms with van der Waals surface area (Å²) < 4.78 is 10.9. The van der Waals surface area contributed by atoms with E-state index in [4.69, 9.17) is 9.47 Å². The maximum absolute atomic E-state index is 13.8. The van der Waals surface area contributed by atoms with E-state index in [2.05, 4.69) is 10.3 Å². The first kappa shape index (κ1) is 27.3. The van der Waals surface area contributed by atoms with E-state index in [1.54, 1.807) is 52.4 Å². The van der Waals surface area contributed by atoms with Gasteiger partial charge in [0.15, 0.2) is 11.5 Å². The zero-order valence-electron chi connectivity index (χ0n) is 22.6. The first-order chi connectivity index (χ1) is 18.8. The molecule has 0 aliphatic carbocycles. The molecule has 2 N–H and O–H groups in total. The normalized spacial score (nSPS) is 16.0. The Labute approximate surface area is 227 Å². The maximum Gasteiger partial charge on any atom is 0.254 e. The van der Waals surface area contributed by atoms with Gasteiger partial charge in [-0.3, -0.25) is 14.4 Å². The van der Waals surface area contributed by atoms with Crippen molar-refractivity contribution in [3.05, 3.63) is 89.6 Å². The van der Waals surface area contributed by atoms with Crippen LogP contribution in [0.25, 0.3) is 10.9 Å². The van der Waals surface area contributed by atoms with Gasteiger partial charge in [0.25, 0.3) is 5.91 Å². The van der Waals surface area contributed by atoms with Crippen LogP contribution in [0, 0.1) is 0 Å². The molecule has 0 bridgehead atoms. The van der Waals surface area contributed by atoms with E-state index in [1.165, 1.54) is 4.90 Å². The van der Waals surface area contributed by atoms with Crippen LogP contribution in [-0.4, -0.2) is 68.4 Å². The summed E-state index contributed by atoms with van der Waals surface area (Å²) in [6.07, 6.45) is 2.61. The largest absolute Gasteiger partial charge is 0.493 e. The highest BCUT2D eigenvalue weighted by Crippen LogP contribution is 2.44. The lowest BCUT2D eigenvalue weighted by atomic mass is 9.79. The smallest absolute Gasteiger partial charge is 0.254 e. The number of fused-ring (bicyclic) bond motifs is 2. The highest BCUT2D eigenvalue weighted by atomic mass is 16.5. The third kappa shape index (κ3) is 5.57. The fraction of sp³-hybridized carbons (Fsp3) is 0.233. The van der Waals surface area contributed by atoms with Crippen molar-refractivity contribution in [1.82, 2.24) is 14.8 Å². The molecule has 3 aromatic carbocycles. The fourth-order valence-corrected chi connectivity index (χ4v) is 4.76. The van der Waals surface area contributed by atoms with Crippen LogP contribution in [0.5, 0.6) is 11.5 Å². The summed E-state index contributed by atoms with van der Waals surface area (Å²) in [6, 6.07) is 19.9. The predicted octanol–water partition coefficient (Wildman–Crippen LogP) is 4.44. The minimum atomic E-state index is -0.626. The molecule has 1 aromatic heterocycles. The van der Waals surface area contributed by atoms with Gasteiger partial charge in [0, 0.05) is 49.5 Å². The molecule has 0 saturated heterocycles. The number of H-pyrrole nitrogens is 1. The van der Waals surface area contributed by atoms with Crippen molar-refractivity contribution >= 4 is 34.8 Å². The zero-order valence-corrected chi connectivity index (χ0v) is 22.6. The Kier molecular flexibility index (Phi) is 8.19. The average Bonchev–Trinajstić information content (AvgIpc) is 3.42. The van der Waals surface area contributed by atoms with Gasteiger partial charge in [-0.1, -0.05) is 24.3 Å². The number of nitrogens with one attached hydrogen (secondary N) is 2. The minimum Gasteiger partial charge on any atom is -0.493 e. The first-order valence-corrected chi connectivity index (χ1v) is 12.4. The number of likely N-dealkylation sites (N-methyl/N-ethyl adjacent to an activating group) is 1. The summed E-state index contributed by atoms with van der Waals surface area (Å²) in [5, 5.41) is 4.08. The molecule has 0 radical (unpaired) electrons. The van der Waals surface area contributed by atoms with E-state index in [1.807, 2.05) is 60.8 Å². The molecule has 0 spiro atoms. The van der Waals surface area contributed by atoms with Crippen LogP contribution >= 0.6 is 0 Å². The number of amides is 3. The molecule has 2 unspecified atom stereocenters. The van der Waals surface area contributed by atoms with Crippen LogP contribution in [0.4, 0.5) is 5.69 Å². The van der Waals surface area contributed by atoms with Crippen molar-refractivity contribution in [2.45, 2.75) is 12.0 Å². The summed E-state index contributed by atoms with van der Waals surface area (Å²) in [4.78, 5) is 42.7. The second-order valence-electron chi connectivity index (χ2n) is 9.38. The Morgan fingerprint density at radius 3 is 2.41 bits per heavy atom. The van der Waals surface area contributed by atoms with Gasteiger partial charge in [-0.05, 0) is 53.6 Å². The van der Waals surface area contributed by atoms with Crippen LogP contribution in [0.1, 0.15) is 33.4 Å². The Morgan fingerprint density at radius 1 is 1.00 bits per heavy atom. The molecular weight excluding hydrogens is 496 g/mol. The molecular formula is C30H32N4O5. The highest BCUT2D eigenvalue weighted by Gasteiger charge is 2.42. The molecule has 202 valence electrons. The van der Waals surface area contributed by atoms with Crippen LogP contribution in [0.2, 0.25) is 0 Å². The number of nitrogens with zero attached hydrogens (tertiary/aromatic N) is 2. The van der Waals surface area contributed by atoms with Crippen molar-refractivity contribution in [2.24, 2.45) is 0 Å². The van der Waals surface area contributed by atoms with Crippen molar-refractivity contribution in [3.63, 3.8) is 0 Å². The number of methoxy groups -OCH3 is 2. The summed E-state index contributed by atoms with van der Waals surface area (Å²) in [5.74, 6) is 0.169. The van der Waals surface area contributed by atoms with Gasteiger partial charge in [-0.2, -0.15) is 0 Å². The monoisotopic (exact) mass is 528 g/mol. The minimum absolute atomic E-state index is 0.131. The molecule has 9 nitrogen and oxygen atoms in total. The van der Waals surface area contributed by atoms with Crippen LogP contribution < -0.4 is 14.8 Å². The highest BCUT2D eigenvalue weighted by molar-refractivity contribution is 6.04. The van der Waals surface area contributed by atoms with E-state index < -0.39 is 12.0 Å². The molecule has 3 amide bonds. The van der Waals surface area contributed by atoms with Gasteiger partial charge in [-0.15, -0.1) is 0 Å². The molecule has 39 heavy (non-hydrogen) atoms. The second kappa shape index (κ2) is 11.7. The molecule has 2 atom stereocenters. The lowest BCUT2D eigenvalue weighted by molar-refractivity contribution is -0.119. The van der Waals surface area contributed by atoms with E-state index in [0.717, 1.165) is 22.9 Å². The summed E-state index contributed by atoms with van der Waals surface area (Å²) in [6.45, 7) is 0. The van der Waals surface area contributed by atoms with Crippen LogP contribution in [0.15, 0.2) is 72.9 Å². The summed E-state index contributed by atoms with van der Waals surface area (Å²) in [5.41, 5.74) is 3.70. The second-order valence-corrected chi connectivity index (χ2v) is 9.38. The van der Waals surface area contributed by atoms with Crippen molar-refractivity contribution < 1.29 is 23.9 Å². The fourth-order valence-electron chi connectivity index (χ4n) is 4.76. The lowest BCUT2D eigenvalue weighted by Crippen LogP contribution is -2.44. The Morgan fingerprint density at radius 2 is 1.72 bits per heavy atom. The number of aromatic amines is 1. The molecule has 1 aliphatic rings. The number of anilines is 1. The molecule has 5 rings (SSSR count). The van der Waals surface area contributed by atoms with Crippen LogP contribution in [-0.2, 0) is 9.59 Å². The molecule has 2 heterocycles. The first-order valence-electron chi connectivity index (χ1n) is 12.4. The number of aromatic nitrogens is 1. The van der Waals surface area contributed by atoms with E-state index in [-0.39, 0.29) is 11.8 Å². The van der Waals surface area contributed by atoms with Gasteiger partial charge < -0.3 is 29.6 Å². The SMILES string of the molecule is CN(C)C=O.COc1ccc(C2C(C(=O)Nc3ccc4[nH]ccc4c3)c3ccccc3C(=O)N2C)cc1OC. The average molecular weight is 529 g/mol. The molecule has 9 heteroatoms. The number of hydrogen-bond donors (Lipinski definition) is 2. The number of ether oxygens (including phenoxy) is 2. The van der Waals surface area contributed by atoms with Crippen molar-refractivity contribution in [3.8, 4) is 11.5 Å². The van der Waals surface area contributed by atoms with Crippen LogP contribution in [0.3, 0.4) is 0 Å². The third-order valence-electron chi connectivity index (χ3n) is 6.64.